The van der Waals surface area contributed by atoms with E-state index in [0.29, 0.717) is 0 Å². The summed E-state index contributed by atoms with van der Waals surface area (Å²) in [6, 6.07) is 16.4. The molecule has 1 spiro atoms. The molecule has 2 aromatic rings. The van der Waals surface area contributed by atoms with Crippen molar-refractivity contribution in [1.82, 2.24) is 0 Å². The van der Waals surface area contributed by atoms with E-state index in [1.54, 1.807) is 0 Å². The summed E-state index contributed by atoms with van der Waals surface area (Å²) in [5, 5.41) is 8.21. The number of anilines is 2. The molecule has 0 saturated heterocycles. The quantitative estimate of drug-likeness (QED) is 0.690. The largest absolute Gasteiger partial charge is 0.371 e. The van der Waals surface area contributed by atoms with Crippen molar-refractivity contribution in [1.29, 1.82) is 0 Å². The minimum atomic E-state index is -0.0812. The molecule has 0 aromatic heterocycles. The molecule has 25 heavy (non-hydrogen) atoms. The van der Waals surface area contributed by atoms with Gasteiger partial charge in [0.25, 0.3) is 0 Å². The molecular formula is C21H24ClN3. The Labute approximate surface area is 154 Å². The van der Waals surface area contributed by atoms with E-state index in [4.69, 9.17) is 16.6 Å². The molecule has 1 heterocycles. The first-order valence-corrected chi connectivity index (χ1v) is 9.53. The molecule has 2 N–H and O–H groups in total. The van der Waals surface area contributed by atoms with E-state index >= 15 is 0 Å². The molecule has 130 valence electrons. The maximum atomic E-state index is 6.39. The van der Waals surface area contributed by atoms with Crippen molar-refractivity contribution in [3.05, 3.63) is 59.1 Å². The Morgan fingerprint density at radius 1 is 0.960 bits per heavy atom. The van der Waals surface area contributed by atoms with Crippen LogP contribution < -0.4 is 10.6 Å². The first-order chi connectivity index (χ1) is 12.2. The number of fused-ring (bicyclic) bond motifs is 1. The summed E-state index contributed by atoms with van der Waals surface area (Å²) in [5.74, 6) is 1.05. The highest BCUT2D eigenvalue weighted by Crippen LogP contribution is 2.40. The Morgan fingerprint density at radius 2 is 1.64 bits per heavy atom. The molecule has 0 radical (unpaired) electrons. The van der Waals surface area contributed by atoms with E-state index in [1.165, 1.54) is 24.9 Å². The van der Waals surface area contributed by atoms with Crippen molar-refractivity contribution in [2.24, 2.45) is 4.99 Å². The van der Waals surface area contributed by atoms with Crippen molar-refractivity contribution in [3.63, 3.8) is 0 Å². The van der Waals surface area contributed by atoms with Crippen LogP contribution in [0.2, 0.25) is 5.02 Å². The molecule has 0 bridgehead atoms. The van der Waals surface area contributed by atoms with Crippen molar-refractivity contribution in [2.75, 3.05) is 10.6 Å². The van der Waals surface area contributed by atoms with Crippen molar-refractivity contribution < 1.29 is 0 Å². The Kier molecular flexibility index (Phi) is 4.43. The standard InChI is InChI=1S/C21H24ClN3/c1-15(16-9-3-4-10-17(16)22)23-20-21(13-7-2-8-14-21)25-19-12-6-5-11-18(19)24-20/h3-6,9-12,15,25H,2,7-8,13-14H2,1H3,(H,23,24). The van der Waals surface area contributed by atoms with Gasteiger partial charge in [-0.1, -0.05) is 61.2 Å². The number of rotatable bonds is 2. The first-order valence-electron chi connectivity index (χ1n) is 9.15. The summed E-state index contributed by atoms with van der Waals surface area (Å²) in [6.45, 7) is 2.12. The second-order valence-electron chi connectivity index (χ2n) is 7.11. The van der Waals surface area contributed by atoms with Crippen LogP contribution in [0.15, 0.2) is 53.5 Å². The van der Waals surface area contributed by atoms with Gasteiger partial charge in [-0.2, -0.15) is 0 Å². The summed E-state index contributed by atoms with van der Waals surface area (Å²) < 4.78 is 0. The smallest absolute Gasteiger partial charge is 0.127 e. The lowest BCUT2D eigenvalue weighted by Crippen LogP contribution is -2.53. The fourth-order valence-corrected chi connectivity index (χ4v) is 4.31. The SMILES string of the molecule is CC(N=C1Nc2ccccc2NC12CCCCC2)c1ccccc1Cl. The fraction of sp³-hybridized carbons (Fsp3) is 0.381. The zero-order valence-corrected chi connectivity index (χ0v) is 15.3. The summed E-state index contributed by atoms with van der Waals surface area (Å²) in [6.07, 6.45) is 6.00. The van der Waals surface area contributed by atoms with E-state index in [0.717, 1.165) is 35.0 Å². The molecule has 1 atom stereocenters. The highest BCUT2D eigenvalue weighted by molar-refractivity contribution is 6.31. The predicted octanol–water partition coefficient (Wildman–Crippen LogP) is 6.04. The van der Waals surface area contributed by atoms with Crippen LogP contribution in [0.4, 0.5) is 11.4 Å². The molecule has 4 rings (SSSR count). The van der Waals surface area contributed by atoms with Gasteiger partial charge in [0.1, 0.15) is 5.84 Å². The Hall–Kier alpha value is -2.00. The van der Waals surface area contributed by atoms with Gasteiger partial charge in [-0.25, -0.2) is 0 Å². The van der Waals surface area contributed by atoms with E-state index < -0.39 is 0 Å². The maximum Gasteiger partial charge on any atom is 0.127 e. The number of hydrogen-bond acceptors (Lipinski definition) is 2. The Balaban J connectivity index is 1.73. The van der Waals surface area contributed by atoms with Crippen LogP contribution in [-0.4, -0.2) is 11.4 Å². The number of halogens is 1. The average molecular weight is 354 g/mol. The molecule has 1 unspecified atom stereocenters. The first kappa shape index (κ1) is 16.5. The fourth-order valence-electron chi connectivity index (χ4n) is 4.02. The summed E-state index contributed by atoms with van der Waals surface area (Å²) >= 11 is 6.39. The van der Waals surface area contributed by atoms with Crippen LogP contribution in [0.3, 0.4) is 0 Å². The number of para-hydroxylation sites is 2. The molecule has 1 aliphatic heterocycles. The zero-order valence-electron chi connectivity index (χ0n) is 14.6. The van der Waals surface area contributed by atoms with Crippen LogP contribution in [0.5, 0.6) is 0 Å². The Morgan fingerprint density at radius 3 is 2.40 bits per heavy atom. The van der Waals surface area contributed by atoms with Crippen molar-refractivity contribution in [2.45, 2.75) is 50.6 Å². The van der Waals surface area contributed by atoms with Crippen LogP contribution >= 0.6 is 11.6 Å². The van der Waals surface area contributed by atoms with Gasteiger partial charge < -0.3 is 10.6 Å². The molecule has 2 aromatic carbocycles. The molecule has 1 fully saturated rings. The van der Waals surface area contributed by atoms with E-state index in [2.05, 4.69) is 47.9 Å². The Bertz CT molecular complexity index is 793. The molecular weight excluding hydrogens is 330 g/mol. The lowest BCUT2D eigenvalue weighted by Gasteiger charge is -2.44. The van der Waals surface area contributed by atoms with Crippen molar-refractivity contribution in [3.8, 4) is 0 Å². The van der Waals surface area contributed by atoms with Crippen LogP contribution in [0.25, 0.3) is 0 Å². The number of amidine groups is 1. The van der Waals surface area contributed by atoms with Crippen LogP contribution in [0.1, 0.15) is 50.6 Å². The summed E-state index contributed by atoms with van der Waals surface area (Å²) in [5.41, 5.74) is 3.27. The number of nitrogens with one attached hydrogen (secondary N) is 2. The van der Waals surface area contributed by atoms with E-state index in [1.807, 2.05) is 18.2 Å². The van der Waals surface area contributed by atoms with Gasteiger partial charge in [-0.3, -0.25) is 4.99 Å². The summed E-state index contributed by atoms with van der Waals surface area (Å²) in [4.78, 5) is 5.10. The third-order valence-corrected chi connectivity index (χ3v) is 5.74. The van der Waals surface area contributed by atoms with Gasteiger partial charge in [-0.05, 0) is 43.5 Å². The molecule has 3 nitrogen and oxygen atoms in total. The number of hydrogen-bond donors (Lipinski definition) is 2. The van der Waals surface area contributed by atoms with Gasteiger partial charge >= 0.3 is 0 Å². The minimum absolute atomic E-state index is 0.0158. The molecule has 1 aliphatic carbocycles. The zero-order chi connectivity index (χ0) is 17.3. The third-order valence-electron chi connectivity index (χ3n) is 5.39. The molecule has 1 saturated carbocycles. The summed E-state index contributed by atoms with van der Waals surface area (Å²) in [7, 11) is 0. The van der Waals surface area contributed by atoms with Crippen molar-refractivity contribution >= 4 is 28.8 Å². The van der Waals surface area contributed by atoms with E-state index in [9.17, 15) is 0 Å². The lowest BCUT2D eigenvalue weighted by molar-refractivity contribution is 0.402. The minimum Gasteiger partial charge on any atom is -0.371 e. The monoisotopic (exact) mass is 353 g/mol. The topological polar surface area (TPSA) is 36.4 Å². The second kappa shape index (κ2) is 6.72. The maximum absolute atomic E-state index is 6.39. The van der Waals surface area contributed by atoms with Crippen LogP contribution in [0, 0.1) is 0 Å². The highest BCUT2D eigenvalue weighted by atomic mass is 35.5. The second-order valence-corrected chi connectivity index (χ2v) is 7.52. The van der Waals surface area contributed by atoms with E-state index in [-0.39, 0.29) is 11.6 Å². The van der Waals surface area contributed by atoms with Gasteiger partial charge in [0.05, 0.1) is 23.0 Å². The average Bonchev–Trinajstić information content (AvgIpc) is 2.63. The molecule has 4 heteroatoms. The van der Waals surface area contributed by atoms with Gasteiger partial charge in [-0.15, -0.1) is 0 Å². The lowest BCUT2D eigenvalue weighted by atomic mass is 9.79. The van der Waals surface area contributed by atoms with Crippen LogP contribution in [-0.2, 0) is 0 Å². The normalized spacial score (nSPS) is 21.3. The van der Waals surface area contributed by atoms with Gasteiger partial charge in [0.2, 0.25) is 0 Å². The number of aliphatic imine (C=N–C) groups is 1. The predicted molar refractivity (Wildman–Crippen MR) is 107 cm³/mol. The van der Waals surface area contributed by atoms with Gasteiger partial charge in [0, 0.05) is 5.02 Å². The number of nitrogens with zero attached hydrogens (tertiary/aromatic N) is 1. The highest BCUT2D eigenvalue weighted by Gasteiger charge is 2.41. The van der Waals surface area contributed by atoms with Gasteiger partial charge in [0.15, 0.2) is 0 Å². The molecule has 0 amide bonds. The third kappa shape index (κ3) is 3.13. The molecule has 2 aliphatic rings. The number of benzene rings is 2.